The molecule has 18 aromatic rings. The summed E-state index contributed by atoms with van der Waals surface area (Å²) in [5.41, 5.74) is 28.4. The molecule has 2 unspecified atom stereocenters. The number of para-hydroxylation sites is 3. The van der Waals surface area contributed by atoms with Gasteiger partial charge in [0.1, 0.15) is 0 Å². The Morgan fingerprint density at radius 2 is 0.775 bits per heavy atom. The number of aromatic nitrogens is 3. The zero-order chi connectivity index (χ0) is 98.9. The van der Waals surface area contributed by atoms with Crippen molar-refractivity contribution in [1.82, 2.24) is 13.7 Å². The molecule has 22 rings (SSSR count). The molecule has 0 saturated carbocycles. The van der Waals surface area contributed by atoms with E-state index < -0.39 is 67.1 Å². The third-order valence-corrected chi connectivity index (χ3v) is 27.5. The lowest BCUT2D eigenvalue weighted by atomic mass is 9.30. The molecule has 3 aromatic heterocycles. The standard InChI is InChI=1S/C122H111BN6/c1-118(2,3)84-49-61-108-100(68-84)101-69-85(119(4,5)6)50-62-109(101)126(108)93-58-60-105-113(75-93)129(117-98(80-39-25-18-26-40-80)72-88(122(13,14)15)73-99(117)81-41-27-19-28-42-81)115-77-95(127-110-63-51-86(120(7,8)9)70-102(110)103-71-87(121(10,11)12)52-64-111(103)127)76-114-116(115)123(105)104-59-57-92(74-112(104)128(114)94-66-82(78-35-21-16-22-36-78)65-83(67-94)79-37-23-17-24-38-79)124(89-43-29-20-30-44-89)90-53-55-91(56-54-90)125-106-47-33-31-45-96(106)97-46-32-34-48-107(97)125/h16-73,75,77,92,114H,74,76H2,1-15H3/i29D,30D,31D,32D,33D,34D,43D,44D,45D,46D,47D,48D. The summed E-state index contributed by atoms with van der Waals surface area (Å²) < 4.78 is 120. The van der Waals surface area contributed by atoms with Gasteiger partial charge in [-0.1, -0.05) is 322 Å². The van der Waals surface area contributed by atoms with Crippen LogP contribution in [0, 0.1) is 0 Å². The summed E-state index contributed by atoms with van der Waals surface area (Å²) in [6.07, 6.45) is 7.70. The first-order valence-corrected chi connectivity index (χ1v) is 45.4. The molecule has 0 saturated heterocycles. The van der Waals surface area contributed by atoms with Gasteiger partial charge in [0.25, 0.3) is 0 Å². The van der Waals surface area contributed by atoms with Crippen molar-refractivity contribution in [3.05, 3.63) is 414 Å². The van der Waals surface area contributed by atoms with Crippen LogP contribution in [0.5, 0.6) is 0 Å². The van der Waals surface area contributed by atoms with Crippen molar-refractivity contribution in [2.24, 2.45) is 0 Å². The van der Waals surface area contributed by atoms with Crippen LogP contribution in [-0.4, -0.2) is 32.5 Å². The second kappa shape index (κ2) is 30.4. The summed E-state index contributed by atoms with van der Waals surface area (Å²) >= 11 is 0. The smallest absolute Gasteiger partial charge is 0.246 e. The van der Waals surface area contributed by atoms with E-state index in [4.69, 9.17) is 5.48 Å². The van der Waals surface area contributed by atoms with E-state index in [0.717, 1.165) is 128 Å². The maximum absolute atomic E-state index is 10.2. The third-order valence-electron chi connectivity index (χ3n) is 27.5. The Morgan fingerprint density at radius 1 is 0.341 bits per heavy atom. The number of hydrogen-bond acceptors (Lipinski definition) is 3. The van der Waals surface area contributed by atoms with Crippen LogP contribution in [-0.2, 0) is 27.1 Å². The first-order chi connectivity index (χ1) is 67.1. The predicted octanol–water partition coefficient (Wildman–Crippen LogP) is 31.6. The molecule has 0 amide bonds. The fourth-order valence-electron chi connectivity index (χ4n) is 20.7. The van der Waals surface area contributed by atoms with Crippen LogP contribution in [0.1, 0.15) is 161 Å². The first-order valence-electron chi connectivity index (χ1n) is 51.4. The van der Waals surface area contributed by atoms with E-state index in [1.165, 1.54) is 54.7 Å². The lowest BCUT2D eigenvalue weighted by Gasteiger charge is -2.53. The highest BCUT2D eigenvalue weighted by molar-refractivity contribution is 6.89. The van der Waals surface area contributed by atoms with Crippen LogP contribution in [0.3, 0.4) is 0 Å². The van der Waals surface area contributed by atoms with Gasteiger partial charge in [0.05, 0.1) is 67.3 Å². The number of fused-ring (bicyclic) bond motifs is 12. The van der Waals surface area contributed by atoms with Crippen molar-refractivity contribution in [2.45, 2.75) is 156 Å². The Bertz CT molecular complexity index is 8100. The van der Waals surface area contributed by atoms with Crippen molar-refractivity contribution in [3.8, 4) is 55.9 Å². The van der Waals surface area contributed by atoms with E-state index in [1.54, 1.807) is 24.3 Å². The molecule has 6 nitrogen and oxygen atoms in total. The average Bonchev–Trinajstić information content (AvgIpc) is 1.45. The number of rotatable bonds is 12. The van der Waals surface area contributed by atoms with Crippen LogP contribution in [0.25, 0.3) is 127 Å². The number of allylic oxidation sites excluding steroid dienone is 3. The Morgan fingerprint density at radius 3 is 1.24 bits per heavy atom. The fourth-order valence-corrected chi connectivity index (χ4v) is 20.7. The van der Waals surface area contributed by atoms with Crippen LogP contribution in [0.4, 0.5) is 28.4 Å². The van der Waals surface area contributed by atoms with Gasteiger partial charge in [-0.05, 0) is 250 Å². The SMILES string of the molecule is [2H]c1cc([2H])c([2H])c(N(c2ccc(-n3c4c([2H])c([2H])c([2H])c([2H])c4c4c([2H])c([2H])c([2H])c([2H])c43)cc2)C2C=CC3=C(C2)N(c2cc(-c4ccccc4)cc(-c4ccccc4)c2)C2CC(n4c5ccc(C(C)(C)C)cc5c5cc(C(C)(C)C)ccc54)=CC4=C2B3c2ccc(-n3c5ccc(C(C)(C)C)cc5c5cc(C(C)(C)C)ccc53)cc2N4c2c(-c3ccccc3)cc(C(C)(C)C)cc2-c2ccccc2)c1[2H]. The Kier molecular flexibility index (Phi) is 16.1. The van der Waals surface area contributed by atoms with Gasteiger partial charge in [0.2, 0.25) is 6.71 Å². The Balaban J connectivity index is 0.885. The first kappa shape index (κ1) is 68.3. The number of hydrogen-bond donors (Lipinski definition) is 0. The van der Waals surface area contributed by atoms with Gasteiger partial charge in [0.15, 0.2) is 0 Å². The average molecular weight is 1680 g/mol. The van der Waals surface area contributed by atoms with Crippen LogP contribution >= 0.6 is 0 Å². The molecular formula is C122H111BN6. The normalized spacial score (nSPS) is 16.9. The third kappa shape index (κ3) is 13.8. The van der Waals surface area contributed by atoms with Gasteiger partial charge in [-0.25, -0.2) is 0 Å². The zero-order valence-corrected chi connectivity index (χ0v) is 76.0. The minimum absolute atomic E-state index is 0.0154. The van der Waals surface area contributed by atoms with Gasteiger partial charge < -0.3 is 28.4 Å². The molecule has 2 aliphatic carbocycles. The van der Waals surface area contributed by atoms with Crippen molar-refractivity contribution in [1.29, 1.82) is 0 Å². The summed E-state index contributed by atoms with van der Waals surface area (Å²) in [5.74, 6) is 0. The van der Waals surface area contributed by atoms with Crippen LogP contribution in [0.15, 0.2) is 386 Å². The highest BCUT2D eigenvalue weighted by Gasteiger charge is 2.52. The van der Waals surface area contributed by atoms with E-state index in [9.17, 15) is 11.0 Å². The van der Waals surface area contributed by atoms with Crippen molar-refractivity contribution in [2.75, 3.05) is 14.7 Å². The number of anilines is 5. The molecule has 129 heavy (non-hydrogen) atoms. The molecule has 15 aromatic carbocycles. The van der Waals surface area contributed by atoms with E-state index in [2.05, 4.69) is 384 Å². The summed E-state index contributed by atoms with van der Waals surface area (Å²) in [4.78, 5) is 7.25. The highest BCUT2D eigenvalue weighted by atomic mass is 15.2. The van der Waals surface area contributed by atoms with Gasteiger partial charge >= 0.3 is 0 Å². The van der Waals surface area contributed by atoms with E-state index >= 15 is 0 Å². The Hall–Kier alpha value is -13.9. The highest BCUT2D eigenvalue weighted by Crippen LogP contribution is 2.57. The van der Waals surface area contributed by atoms with E-state index in [-0.39, 0.29) is 85.2 Å². The molecule has 5 heterocycles. The summed E-state index contributed by atoms with van der Waals surface area (Å²) in [5, 5.41) is 4.51. The second-order valence-corrected chi connectivity index (χ2v) is 40.8. The molecule has 0 spiro atoms. The topological polar surface area (TPSA) is 24.5 Å². The van der Waals surface area contributed by atoms with Gasteiger partial charge in [-0.3, -0.25) is 0 Å². The van der Waals surface area contributed by atoms with Gasteiger partial charge in [-0.2, -0.15) is 0 Å². The van der Waals surface area contributed by atoms with Crippen molar-refractivity contribution >= 4 is 112 Å². The Labute approximate surface area is 777 Å². The van der Waals surface area contributed by atoms with E-state index in [0.29, 0.717) is 17.8 Å². The number of benzene rings is 15. The van der Waals surface area contributed by atoms with E-state index in [1.807, 2.05) is 4.90 Å². The molecule has 0 radical (unpaired) electrons. The van der Waals surface area contributed by atoms with Crippen LogP contribution < -0.4 is 20.2 Å². The van der Waals surface area contributed by atoms with Crippen LogP contribution in [0.2, 0.25) is 0 Å². The molecular weight excluding hydrogens is 1560 g/mol. The molecule has 2 aliphatic heterocycles. The maximum atomic E-state index is 10.2. The lowest BCUT2D eigenvalue weighted by Crippen LogP contribution is -2.58. The van der Waals surface area contributed by atoms with Gasteiger partial charge in [-0.15, -0.1) is 0 Å². The largest absolute Gasteiger partial charge is 0.339 e. The van der Waals surface area contributed by atoms with Gasteiger partial charge in [0, 0.05) is 108 Å². The lowest BCUT2D eigenvalue weighted by molar-refractivity contribution is 0.590. The quantitative estimate of drug-likeness (QED) is 0.114. The minimum atomic E-state index is -0.808. The molecule has 0 N–H and O–H groups in total. The minimum Gasteiger partial charge on any atom is -0.339 e. The molecule has 0 bridgehead atoms. The molecule has 632 valence electrons. The summed E-state index contributed by atoms with van der Waals surface area (Å²) in [6.45, 7) is 34.0. The molecule has 7 heteroatoms. The zero-order valence-electron chi connectivity index (χ0n) is 88.0. The maximum Gasteiger partial charge on any atom is 0.246 e. The predicted molar refractivity (Wildman–Crippen MR) is 552 cm³/mol. The summed E-state index contributed by atoms with van der Waals surface area (Å²) in [6, 6.07) is 92.7. The van der Waals surface area contributed by atoms with Crippen molar-refractivity contribution in [3.63, 3.8) is 0 Å². The monoisotopic (exact) mass is 1680 g/mol. The molecule has 4 aliphatic rings. The summed E-state index contributed by atoms with van der Waals surface area (Å²) in [7, 11) is 0. The fraction of sp³-hybridized carbons (Fsp3) is 0.197. The number of nitrogens with zero attached hydrogens (tertiary/aromatic N) is 6. The molecule has 2 atom stereocenters. The molecule has 0 fully saturated rings. The second-order valence-electron chi connectivity index (χ2n) is 40.8. The van der Waals surface area contributed by atoms with Crippen molar-refractivity contribution < 1.29 is 16.4 Å².